The van der Waals surface area contributed by atoms with Crippen LogP contribution < -0.4 is 10.1 Å². The first-order valence-corrected chi connectivity index (χ1v) is 10.8. The third kappa shape index (κ3) is 4.18. The van der Waals surface area contributed by atoms with Gasteiger partial charge in [-0.25, -0.2) is 0 Å². The zero-order chi connectivity index (χ0) is 21.0. The van der Waals surface area contributed by atoms with Crippen LogP contribution in [0, 0.1) is 11.3 Å². The van der Waals surface area contributed by atoms with Crippen LogP contribution in [0.4, 0.5) is 5.69 Å². The van der Waals surface area contributed by atoms with Gasteiger partial charge >= 0.3 is 0 Å². The molecule has 2 aromatic rings. The molecule has 0 unspecified atom stereocenters. The predicted octanol–water partition coefficient (Wildman–Crippen LogP) is 4.14. The quantitative estimate of drug-likeness (QED) is 0.809. The second-order valence-corrected chi connectivity index (χ2v) is 8.34. The molecule has 1 aromatic heterocycles. The summed E-state index contributed by atoms with van der Waals surface area (Å²) in [4.78, 5) is 32.2. The number of carbonyl (C=O) groups excluding carboxylic acids is 2. The Hall–Kier alpha value is -2.89. The molecular weight excluding hydrogens is 378 g/mol. The molecular formula is C24H29N3O3. The monoisotopic (exact) mass is 407 g/mol. The van der Waals surface area contributed by atoms with E-state index in [1.807, 2.05) is 36.1 Å². The Kier molecular flexibility index (Phi) is 6.02. The van der Waals surface area contributed by atoms with Crippen molar-refractivity contribution in [1.29, 1.82) is 0 Å². The lowest BCUT2D eigenvalue weighted by Gasteiger charge is -2.37. The van der Waals surface area contributed by atoms with Crippen LogP contribution in [0.15, 0.2) is 48.8 Å². The topological polar surface area (TPSA) is 71.5 Å². The summed E-state index contributed by atoms with van der Waals surface area (Å²) in [5, 5.41) is 3.08. The molecule has 1 saturated carbocycles. The van der Waals surface area contributed by atoms with Crippen molar-refractivity contribution in [2.45, 2.75) is 39.0 Å². The average Bonchev–Trinajstić information content (AvgIpc) is 3.14. The Balaban J connectivity index is 1.52. The molecule has 2 fully saturated rings. The third-order valence-electron chi connectivity index (χ3n) is 6.46. The molecule has 30 heavy (non-hydrogen) atoms. The van der Waals surface area contributed by atoms with E-state index >= 15 is 0 Å². The van der Waals surface area contributed by atoms with Gasteiger partial charge in [-0.15, -0.1) is 0 Å². The van der Waals surface area contributed by atoms with E-state index in [0.29, 0.717) is 25.3 Å². The summed E-state index contributed by atoms with van der Waals surface area (Å²) >= 11 is 0. The minimum atomic E-state index is -0.199. The number of hydrogen-bond donors (Lipinski definition) is 1. The Bertz CT molecular complexity index is 876. The fourth-order valence-corrected chi connectivity index (χ4v) is 4.95. The van der Waals surface area contributed by atoms with E-state index in [9.17, 15) is 9.59 Å². The Morgan fingerprint density at radius 1 is 1.10 bits per heavy atom. The van der Waals surface area contributed by atoms with Gasteiger partial charge in [0.1, 0.15) is 5.75 Å². The lowest BCUT2D eigenvalue weighted by Crippen LogP contribution is -2.39. The number of likely N-dealkylation sites (tertiary alicyclic amines) is 1. The molecule has 1 atom stereocenters. The van der Waals surface area contributed by atoms with Crippen molar-refractivity contribution in [1.82, 2.24) is 9.88 Å². The van der Waals surface area contributed by atoms with Gasteiger partial charge in [0.05, 0.1) is 12.5 Å². The zero-order valence-corrected chi connectivity index (χ0v) is 17.5. The number of rotatable bonds is 5. The predicted molar refractivity (Wildman–Crippen MR) is 115 cm³/mol. The van der Waals surface area contributed by atoms with Gasteiger partial charge in [0, 0.05) is 42.1 Å². The van der Waals surface area contributed by atoms with Crippen LogP contribution in [-0.4, -0.2) is 41.4 Å². The number of anilines is 1. The van der Waals surface area contributed by atoms with Crippen molar-refractivity contribution >= 4 is 17.5 Å². The molecule has 1 aliphatic heterocycles. The van der Waals surface area contributed by atoms with E-state index in [4.69, 9.17) is 4.74 Å². The number of pyridine rings is 1. The van der Waals surface area contributed by atoms with Gasteiger partial charge in [0.15, 0.2) is 0 Å². The second kappa shape index (κ2) is 8.86. The Morgan fingerprint density at radius 2 is 1.80 bits per heavy atom. The van der Waals surface area contributed by atoms with Gasteiger partial charge < -0.3 is 15.0 Å². The maximum atomic E-state index is 13.3. The number of ether oxygens (including phenoxy) is 1. The molecule has 6 nitrogen and oxygen atoms in total. The van der Waals surface area contributed by atoms with Crippen molar-refractivity contribution in [2.75, 3.05) is 25.0 Å². The highest BCUT2D eigenvalue weighted by Crippen LogP contribution is 2.48. The van der Waals surface area contributed by atoms with E-state index < -0.39 is 0 Å². The van der Waals surface area contributed by atoms with Crippen molar-refractivity contribution in [3.05, 3.63) is 54.4 Å². The smallest absolute Gasteiger partial charge is 0.254 e. The molecule has 1 aliphatic carbocycles. The Labute approximate surface area is 177 Å². The molecule has 2 amide bonds. The van der Waals surface area contributed by atoms with E-state index in [2.05, 4.69) is 10.3 Å². The molecule has 2 aliphatic rings. The summed E-state index contributed by atoms with van der Waals surface area (Å²) in [6.07, 6.45) is 8.69. The lowest BCUT2D eigenvalue weighted by molar-refractivity contribution is -0.123. The first-order valence-electron chi connectivity index (χ1n) is 10.8. The molecule has 1 N–H and O–H groups in total. The number of nitrogens with one attached hydrogen (secondary N) is 1. The summed E-state index contributed by atoms with van der Waals surface area (Å²) in [5.74, 6) is 0.578. The minimum Gasteiger partial charge on any atom is -0.494 e. The Morgan fingerprint density at radius 3 is 2.47 bits per heavy atom. The van der Waals surface area contributed by atoms with Crippen molar-refractivity contribution < 1.29 is 14.3 Å². The van der Waals surface area contributed by atoms with Gasteiger partial charge in [-0.3, -0.25) is 14.6 Å². The molecule has 4 rings (SSSR count). The molecule has 1 spiro atoms. The summed E-state index contributed by atoms with van der Waals surface area (Å²) in [5.41, 5.74) is 1.26. The standard InChI is InChI=1S/C24H29N3O3/c1-2-30-20-8-6-19(7-9-20)26-22(28)21-16-27(17-24(21)12-4-3-5-13-24)23(29)18-10-14-25-15-11-18/h6-11,14-15,21H,2-5,12-13,16-17H2,1H3,(H,26,28)/t21-/m0/s1. The van der Waals surface area contributed by atoms with Gasteiger partial charge in [0.2, 0.25) is 5.91 Å². The lowest BCUT2D eigenvalue weighted by atomic mass is 9.67. The summed E-state index contributed by atoms with van der Waals surface area (Å²) < 4.78 is 5.48. The van der Waals surface area contributed by atoms with Gasteiger partial charge in [-0.2, -0.15) is 0 Å². The highest BCUT2D eigenvalue weighted by Gasteiger charge is 2.51. The summed E-state index contributed by atoms with van der Waals surface area (Å²) in [6.45, 7) is 3.66. The van der Waals surface area contributed by atoms with Crippen molar-refractivity contribution in [3.8, 4) is 5.75 Å². The molecule has 0 radical (unpaired) electrons. The number of hydrogen-bond acceptors (Lipinski definition) is 4. The van der Waals surface area contributed by atoms with Crippen LogP contribution in [0.3, 0.4) is 0 Å². The van der Waals surface area contributed by atoms with Crippen LogP contribution in [-0.2, 0) is 4.79 Å². The van der Waals surface area contributed by atoms with E-state index in [-0.39, 0.29) is 23.1 Å². The van der Waals surface area contributed by atoms with Crippen LogP contribution >= 0.6 is 0 Å². The van der Waals surface area contributed by atoms with Crippen LogP contribution in [0.25, 0.3) is 0 Å². The first-order chi connectivity index (χ1) is 14.6. The fraction of sp³-hybridized carbons (Fsp3) is 0.458. The molecule has 1 saturated heterocycles. The molecule has 6 heteroatoms. The van der Waals surface area contributed by atoms with Gasteiger partial charge in [-0.1, -0.05) is 19.3 Å². The maximum Gasteiger partial charge on any atom is 0.254 e. The number of benzene rings is 1. The molecule has 1 aromatic carbocycles. The summed E-state index contributed by atoms with van der Waals surface area (Å²) in [6, 6.07) is 10.9. The van der Waals surface area contributed by atoms with Gasteiger partial charge in [-0.05, 0) is 56.2 Å². The van der Waals surface area contributed by atoms with E-state index in [1.165, 1.54) is 6.42 Å². The number of carbonyl (C=O) groups is 2. The van der Waals surface area contributed by atoms with Gasteiger partial charge in [0.25, 0.3) is 5.91 Å². The number of amides is 2. The zero-order valence-electron chi connectivity index (χ0n) is 17.5. The molecule has 2 heterocycles. The average molecular weight is 408 g/mol. The molecule has 158 valence electrons. The highest BCUT2D eigenvalue weighted by atomic mass is 16.5. The normalized spacial score (nSPS) is 20.2. The highest BCUT2D eigenvalue weighted by molar-refractivity contribution is 5.97. The number of nitrogens with zero attached hydrogens (tertiary/aromatic N) is 2. The fourth-order valence-electron chi connectivity index (χ4n) is 4.95. The summed E-state index contributed by atoms with van der Waals surface area (Å²) in [7, 11) is 0. The van der Waals surface area contributed by atoms with Crippen LogP contribution in [0.5, 0.6) is 5.75 Å². The first kappa shape index (κ1) is 20.4. The van der Waals surface area contributed by atoms with Crippen LogP contribution in [0.1, 0.15) is 49.4 Å². The number of aromatic nitrogens is 1. The van der Waals surface area contributed by atoms with Crippen molar-refractivity contribution in [2.24, 2.45) is 11.3 Å². The maximum absolute atomic E-state index is 13.3. The van der Waals surface area contributed by atoms with Crippen molar-refractivity contribution in [3.63, 3.8) is 0 Å². The van der Waals surface area contributed by atoms with E-state index in [0.717, 1.165) is 37.1 Å². The van der Waals surface area contributed by atoms with E-state index in [1.54, 1.807) is 24.5 Å². The molecule has 0 bridgehead atoms. The minimum absolute atomic E-state index is 0.00564. The largest absolute Gasteiger partial charge is 0.494 e. The third-order valence-corrected chi connectivity index (χ3v) is 6.46. The van der Waals surface area contributed by atoms with Crippen LogP contribution in [0.2, 0.25) is 0 Å². The SMILES string of the molecule is CCOc1ccc(NC(=O)[C@@H]2CN(C(=O)c3ccncc3)CC23CCCCC3)cc1. The second-order valence-electron chi connectivity index (χ2n) is 8.34.